The van der Waals surface area contributed by atoms with Crippen molar-refractivity contribution in [1.29, 1.82) is 0 Å². The molecule has 0 radical (unpaired) electrons. The maximum Gasteiger partial charge on any atom is 0.307 e. The summed E-state index contributed by atoms with van der Waals surface area (Å²) in [6.07, 6.45) is -0.308. The Morgan fingerprint density at radius 2 is 1.39 bits per heavy atom. The van der Waals surface area contributed by atoms with Crippen LogP contribution in [0, 0.1) is 6.92 Å². The molecule has 0 fully saturated rings. The number of nitrogens with zero attached hydrogens (tertiary/aromatic N) is 1. The fourth-order valence-corrected chi connectivity index (χ4v) is 5.91. The SMILES string of the molecule is COc1ccc(C(C)(C)c2ccc(Oc3ccc4c(c3)C(=O)N(c3cccc(NC(=O)c5cc(C)ccc5CC(=O)O)c3)C4=O)cc2)cc1. The smallest absolute Gasteiger partial charge is 0.307 e. The van der Waals surface area contributed by atoms with Crippen molar-refractivity contribution >= 4 is 35.1 Å². The fourth-order valence-electron chi connectivity index (χ4n) is 5.91. The lowest BCUT2D eigenvalue weighted by atomic mass is 9.78. The maximum atomic E-state index is 13.6. The predicted octanol–water partition coefficient (Wildman–Crippen LogP) is 7.80. The molecule has 6 rings (SSSR count). The molecule has 5 aromatic carbocycles. The summed E-state index contributed by atoms with van der Waals surface area (Å²) in [4.78, 5) is 52.6. The molecule has 0 saturated heterocycles. The number of imide groups is 1. The lowest BCUT2D eigenvalue weighted by Crippen LogP contribution is -2.29. The number of carbonyl (C=O) groups is 4. The van der Waals surface area contributed by atoms with Gasteiger partial charge < -0.3 is 19.9 Å². The van der Waals surface area contributed by atoms with Crippen molar-refractivity contribution in [2.45, 2.75) is 32.6 Å². The van der Waals surface area contributed by atoms with Crippen LogP contribution >= 0.6 is 0 Å². The van der Waals surface area contributed by atoms with Crippen molar-refractivity contribution in [3.8, 4) is 17.2 Å². The first kappa shape index (κ1) is 32.7. The Morgan fingerprint density at radius 3 is 2.04 bits per heavy atom. The number of amides is 3. The van der Waals surface area contributed by atoms with E-state index in [-0.39, 0.29) is 34.2 Å². The number of rotatable bonds is 10. The number of hydrogen-bond acceptors (Lipinski definition) is 6. The van der Waals surface area contributed by atoms with Gasteiger partial charge in [0.1, 0.15) is 17.2 Å². The first-order valence-corrected chi connectivity index (χ1v) is 15.6. The Labute approximate surface area is 283 Å². The van der Waals surface area contributed by atoms with E-state index >= 15 is 0 Å². The summed E-state index contributed by atoms with van der Waals surface area (Å²) in [5.41, 5.74) is 4.42. The molecule has 0 saturated carbocycles. The number of nitrogens with one attached hydrogen (secondary N) is 1. The van der Waals surface area contributed by atoms with Crippen molar-refractivity contribution < 1.29 is 33.8 Å². The van der Waals surface area contributed by atoms with Crippen molar-refractivity contribution in [3.05, 3.63) is 148 Å². The summed E-state index contributed by atoms with van der Waals surface area (Å²) in [5.74, 6) is -0.797. The summed E-state index contributed by atoms with van der Waals surface area (Å²) in [6, 6.07) is 31.9. The largest absolute Gasteiger partial charge is 0.497 e. The van der Waals surface area contributed by atoms with Crippen LogP contribution in [-0.2, 0) is 16.6 Å². The van der Waals surface area contributed by atoms with Crippen LogP contribution in [0.25, 0.3) is 0 Å². The van der Waals surface area contributed by atoms with E-state index in [1.54, 1.807) is 61.7 Å². The third-order valence-electron chi connectivity index (χ3n) is 8.70. The summed E-state index contributed by atoms with van der Waals surface area (Å²) in [7, 11) is 1.64. The number of ether oxygens (including phenoxy) is 2. The molecule has 2 N–H and O–H groups in total. The molecule has 9 heteroatoms. The van der Waals surface area contributed by atoms with Crippen LogP contribution < -0.4 is 19.7 Å². The molecule has 9 nitrogen and oxygen atoms in total. The lowest BCUT2D eigenvalue weighted by molar-refractivity contribution is -0.136. The highest BCUT2D eigenvalue weighted by molar-refractivity contribution is 6.34. The Hall–Kier alpha value is -6.22. The molecule has 3 amide bonds. The molecule has 1 heterocycles. The van der Waals surface area contributed by atoms with Gasteiger partial charge in [-0.3, -0.25) is 19.2 Å². The summed E-state index contributed by atoms with van der Waals surface area (Å²) in [5, 5.41) is 12.0. The number of aliphatic carboxylic acids is 1. The lowest BCUT2D eigenvalue weighted by Gasteiger charge is -2.26. The van der Waals surface area contributed by atoms with Crippen LogP contribution in [0.5, 0.6) is 17.2 Å². The van der Waals surface area contributed by atoms with Gasteiger partial charge in [0, 0.05) is 16.7 Å². The molecule has 1 aliphatic rings. The molecular formula is C40H34N2O7. The van der Waals surface area contributed by atoms with Gasteiger partial charge in [0.2, 0.25) is 0 Å². The molecule has 0 aromatic heterocycles. The van der Waals surface area contributed by atoms with Gasteiger partial charge in [0.25, 0.3) is 17.7 Å². The number of fused-ring (bicyclic) bond motifs is 1. The molecular weight excluding hydrogens is 620 g/mol. The quantitative estimate of drug-likeness (QED) is 0.147. The standard InChI is InChI=1S/C40H34N2O7/c1-24-8-9-25(21-36(43)44)34(20-24)37(45)41-28-6-5-7-29(22-28)42-38(46)33-19-18-32(23-35(33)39(42)47)49-31-16-12-27(13-17-31)40(2,3)26-10-14-30(48-4)15-11-26/h5-20,22-23H,21H2,1-4H3,(H,41,45)(H,43,44). The average Bonchev–Trinajstić information content (AvgIpc) is 3.34. The number of anilines is 2. The minimum atomic E-state index is -1.05. The van der Waals surface area contributed by atoms with Gasteiger partial charge in [-0.1, -0.05) is 61.9 Å². The second-order valence-electron chi connectivity index (χ2n) is 12.4. The Balaban J connectivity index is 1.17. The van der Waals surface area contributed by atoms with E-state index in [4.69, 9.17) is 9.47 Å². The van der Waals surface area contributed by atoms with Crippen molar-refractivity contribution in [1.82, 2.24) is 0 Å². The second-order valence-corrected chi connectivity index (χ2v) is 12.4. The predicted molar refractivity (Wildman–Crippen MR) is 186 cm³/mol. The number of benzene rings is 5. The van der Waals surface area contributed by atoms with Crippen molar-refractivity contribution in [2.75, 3.05) is 17.3 Å². The zero-order valence-electron chi connectivity index (χ0n) is 27.4. The zero-order chi connectivity index (χ0) is 34.9. The van der Waals surface area contributed by atoms with Crippen LogP contribution in [0.2, 0.25) is 0 Å². The van der Waals surface area contributed by atoms with Gasteiger partial charge in [-0.05, 0) is 90.3 Å². The van der Waals surface area contributed by atoms with E-state index < -0.39 is 23.7 Å². The average molecular weight is 655 g/mol. The highest BCUT2D eigenvalue weighted by Crippen LogP contribution is 2.36. The third kappa shape index (κ3) is 6.64. The highest BCUT2D eigenvalue weighted by atomic mass is 16.5. The number of methoxy groups -OCH3 is 1. The number of hydrogen-bond donors (Lipinski definition) is 2. The first-order chi connectivity index (χ1) is 23.4. The number of carboxylic acid groups (broad SMARTS) is 1. The van der Waals surface area contributed by atoms with E-state index in [1.807, 2.05) is 55.5 Å². The summed E-state index contributed by atoms with van der Waals surface area (Å²) < 4.78 is 11.4. The second kappa shape index (κ2) is 13.1. The van der Waals surface area contributed by atoms with Crippen LogP contribution in [0.15, 0.2) is 109 Å². The van der Waals surface area contributed by atoms with E-state index in [2.05, 4.69) is 19.2 Å². The van der Waals surface area contributed by atoms with Gasteiger partial charge in [-0.25, -0.2) is 4.90 Å². The van der Waals surface area contributed by atoms with Crippen molar-refractivity contribution in [2.24, 2.45) is 0 Å². The molecule has 0 bridgehead atoms. The molecule has 0 spiro atoms. The molecule has 5 aromatic rings. The summed E-state index contributed by atoms with van der Waals surface area (Å²) in [6.45, 7) is 6.10. The number of carbonyl (C=O) groups excluding carboxylic acids is 3. The van der Waals surface area contributed by atoms with Gasteiger partial charge in [0.15, 0.2) is 0 Å². The van der Waals surface area contributed by atoms with Gasteiger partial charge in [-0.2, -0.15) is 0 Å². The summed E-state index contributed by atoms with van der Waals surface area (Å²) >= 11 is 0. The minimum absolute atomic E-state index is 0.201. The minimum Gasteiger partial charge on any atom is -0.497 e. The monoisotopic (exact) mass is 654 g/mol. The van der Waals surface area contributed by atoms with Gasteiger partial charge in [0.05, 0.1) is 30.3 Å². The number of aryl methyl sites for hydroxylation is 1. The van der Waals surface area contributed by atoms with E-state index in [1.165, 1.54) is 6.07 Å². The Bertz CT molecular complexity index is 2100. The normalized spacial score (nSPS) is 12.4. The van der Waals surface area contributed by atoms with Crippen LogP contribution in [0.3, 0.4) is 0 Å². The zero-order valence-corrected chi connectivity index (χ0v) is 27.4. The molecule has 49 heavy (non-hydrogen) atoms. The topological polar surface area (TPSA) is 122 Å². The van der Waals surface area contributed by atoms with E-state index in [9.17, 15) is 24.3 Å². The van der Waals surface area contributed by atoms with E-state index in [0.29, 0.717) is 22.7 Å². The van der Waals surface area contributed by atoms with Crippen LogP contribution in [0.1, 0.15) is 67.2 Å². The molecule has 0 atom stereocenters. The molecule has 1 aliphatic heterocycles. The van der Waals surface area contributed by atoms with Crippen LogP contribution in [-0.4, -0.2) is 35.9 Å². The first-order valence-electron chi connectivity index (χ1n) is 15.6. The third-order valence-corrected chi connectivity index (χ3v) is 8.70. The van der Waals surface area contributed by atoms with E-state index in [0.717, 1.165) is 27.3 Å². The Kier molecular flexibility index (Phi) is 8.76. The number of carboxylic acids is 1. The molecule has 0 aliphatic carbocycles. The van der Waals surface area contributed by atoms with Gasteiger partial charge >= 0.3 is 5.97 Å². The molecule has 0 unspecified atom stereocenters. The molecule has 246 valence electrons. The van der Waals surface area contributed by atoms with Crippen molar-refractivity contribution in [3.63, 3.8) is 0 Å². The Morgan fingerprint density at radius 1 is 0.755 bits per heavy atom. The van der Waals surface area contributed by atoms with Gasteiger partial charge in [-0.15, -0.1) is 0 Å². The van der Waals surface area contributed by atoms with Crippen LogP contribution in [0.4, 0.5) is 11.4 Å². The fraction of sp³-hybridized carbons (Fsp3) is 0.150. The maximum absolute atomic E-state index is 13.6. The highest BCUT2D eigenvalue weighted by Gasteiger charge is 2.37.